The van der Waals surface area contributed by atoms with Crippen molar-refractivity contribution in [3.8, 4) is 11.4 Å². The molecule has 0 aliphatic carbocycles. The first-order chi connectivity index (χ1) is 13.1. The number of aromatic amines is 1. The summed E-state index contributed by atoms with van der Waals surface area (Å²) < 4.78 is 4.58. The molecule has 1 saturated heterocycles. The molecule has 4 rings (SSSR count). The van der Waals surface area contributed by atoms with E-state index in [2.05, 4.69) is 22.0 Å². The lowest BCUT2D eigenvalue weighted by molar-refractivity contribution is -0.924. The first-order valence-corrected chi connectivity index (χ1v) is 9.86. The lowest BCUT2D eigenvalue weighted by Crippen LogP contribution is -3.14. The van der Waals surface area contributed by atoms with E-state index in [1.165, 1.54) is 10.7 Å². The zero-order valence-corrected chi connectivity index (χ0v) is 16.8. The van der Waals surface area contributed by atoms with E-state index in [1.807, 2.05) is 52.8 Å². The standard InChI is InChI=1S/C19H21ClN6S/c1-23-18(15-6-2-3-7-16(15)20)22-26(19(23)27)14-24-10-12-25(13-11-24)17-8-4-5-9-21-17/h2-9H,10-14H2,1H3/p+2. The van der Waals surface area contributed by atoms with E-state index in [1.54, 1.807) is 0 Å². The number of hydrogen-bond acceptors (Lipinski definition) is 3. The van der Waals surface area contributed by atoms with E-state index in [0.29, 0.717) is 5.02 Å². The Morgan fingerprint density at radius 3 is 2.59 bits per heavy atom. The summed E-state index contributed by atoms with van der Waals surface area (Å²) in [6.07, 6.45) is 1.97. The number of aromatic nitrogens is 4. The third-order valence-electron chi connectivity index (χ3n) is 5.03. The van der Waals surface area contributed by atoms with Crippen LogP contribution in [0.4, 0.5) is 5.82 Å². The van der Waals surface area contributed by atoms with Crippen molar-refractivity contribution in [3.63, 3.8) is 0 Å². The Morgan fingerprint density at radius 1 is 1.15 bits per heavy atom. The fourth-order valence-electron chi connectivity index (χ4n) is 3.48. The Morgan fingerprint density at radius 2 is 1.89 bits per heavy atom. The zero-order chi connectivity index (χ0) is 18.8. The molecular weight excluding hydrogens is 380 g/mol. The molecule has 0 unspecified atom stereocenters. The predicted octanol–water partition coefficient (Wildman–Crippen LogP) is 1.45. The minimum Gasteiger partial charge on any atom is -0.310 e. The molecule has 6 nitrogen and oxygen atoms in total. The molecule has 0 spiro atoms. The second-order valence-electron chi connectivity index (χ2n) is 6.79. The highest BCUT2D eigenvalue weighted by molar-refractivity contribution is 7.71. The Labute approximate surface area is 168 Å². The lowest BCUT2D eigenvalue weighted by atomic mass is 10.2. The summed E-state index contributed by atoms with van der Waals surface area (Å²) >= 11 is 12.0. The third-order valence-corrected chi connectivity index (χ3v) is 5.85. The second kappa shape index (κ2) is 7.80. The molecular formula is C19H23ClN6S+2. The first-order valence-electron chi connectivity index (χ1n) is 9.07. The van der Waals surface area contributed by atoms with Crippen LogP contribution in [0.5, 0.6) is 0 Å². The summed E-state index contributed by atoms with van der Waals surface area (Å²) in [5, 5.41) is 5.45. The highest BCUT2D eigenvalue weighted by Gasteiger charge is 2.26. The molecule has 2 aromatic heterocycles. The van der Waals surface area contributed by atoms with Crippen LogP contribution in [0.3, 0.4) is 0 Å². The number of rotatable bonds is 4. The summed E-state index contributed by atoms with van der Waals surface area (Å²) in [7, 11) is 1.95. The van der Waals surface area contributed by atoms with Crippen LogP contribution in [0.2, 0.25) is 5.02 Å². The van der Waals surface area contributed by atoms with Crippen LogP contribution < -0.4 is 14.8 Å². The van der Waals surface area contributed by atoms with E-state index in [-0.39, 0.29) is 0 Å². The zero-order valence-electron chi connectivity index (χ0n) is 15.2. The van der Waals surface area contributed by atoms with Crippen molar-refractivity contribution in [1.82, 2.24) is 14.3 Å². The fourth-order valence-corrected chi connectivity index (χ4v) is 3.89. The van der Waals surface area contributed by atoms with Crippen LogP contribution in [0, 0.1) is 4.77 Å². The van der Waals surface area contributed by atoms with Gasteiger partial charge >= 0.3 is 0 Å². The molecule has 3 aromatic rings. The number of benzene rings is 1. The number of piperazine rings is 1. The van der Waals surface area contributed by atoms with Gasteiger partial charge in [-0.05, 0) is 30.4 Å². The van der Waals surface area contributed by atoms with Gasteiger partial charge in [-0.15, -0.1) is 5.10 Å². The largest absolute Gasteiger partial charge is 0.310 e. The van der Waals surface area contributed by atoms with Crippen LogP contribution in [-0.2, 0) is 13.7 Å². The molecule has 2 N–H and O–H groups in total. The minimum absolute atomic E-state index is 0.688. The Balaban J connectivity index is 1.47. The predicted molar refractivity (Wildman–Crippen MR) is 108 cm³/mol. The summed E-state index contributed by atoms with van der Waals surface area (Å²) in [6.45, 7) is 4.87. The van der Waals surface area contributed by atoms with E-state index >= 15 is 0 Å². The van der Waals surface area contributed by atoms with Crippen molar-refractivity contribution >= 4 is 29.6 Å². The average Bonchev–Trinajstić information content (AvgIpc) is 2.98. The number of pyridine rings is 1. The second-order valence-corrected chi connectivity index (χ2v) is 7.56. The third kappa shape index (κ3) is 3.76. The van der Waals surface area contributed by atoms with Crippen LogP contribution in [0.1, 0.15) is 0 Å². The Hall–Kier alpha value is -2.22. The van der Waals surface area contributed by atoms with E-state index in [9.17, 15) is 0 Å². The van der Waals surface area contributed by atoms with Gasteiger partial charge in [0.05, 0.1) is 11.2 Å². The van der Waals surface area contributed by atoms with Crippen LogP contribution in [0.15, 0.2) is 48.7 Å². The van der Waals surface area contributed by atoms with Gasteiger partial charge in [-0.3, -0.25) is 4.90 Å². The van der Waals surface area contributed by atoms with Gasteiger partial charge in [0.15, 0.2) is 12.5 Å². The highest BCUT2D eigenvalue weighted by Crippen LogP contribution is 2.25. The molecule has 3 heterocycles. The molecule has 0 saturated carbocycles. The Kier molecular flexibility index (Phi) is 5.24. The summed E-state index contributed by atoms with van der Waals surface area (Å²) in [5.41, 5.74) is 0.908. The smallest absolute Gasteiger partial charge is 0.274 e. The van der Waals surface area contributed by atoms with Crippen LogP contribution in [0.25, 0.3) is 11.4 Å². The maximum absolute atomic E-state index is 6.35. The first kappa shape index (κ1) is 18.2. The topological polar surface area (TPSA) is 44.6 Å². The molecule has 0 bridgehead atoms. The highest BCUT2D eigenvalue weighted by atomic mass is 35.5. The van der Waals surface area contributed by atoms with Gasteiger partial charge in [-0.1, -0.05) is 29.8 Å². The maximum atomic E-state index is 6.35. The molecule has 1 aliphatic rings. The van der Waals surface area contributed by atoms with E-state index in [4.69, 9.17) is 28.9 Å². The van der Waals surface area contributed by atoms with Crippen molar-refractivity contribution in [2.24, 2.45) is 7.05 Å². The van der Waals surface area contributed by atoms with Crippen molar-refractivity contribution < 1.29 is 9.88 Å². The van der Waals surface area contributed by atoms with Crippen molar-refractivity contribution in [2.75, 3.05) is 31.1 Å². The molecule has 0 amide bonds. The molecule has 140 valence electrons. The molecule has 0 atom stereocenters. The van der Waals surface area contributed by atoms with Gasteiger partial charge in [0.1, 0.15) is 26.2 Å². The normalized spacial score (nSPS) is 15.3. The molecule has 1 aliphatic heterocycles. The van der Waals surface area contributed by atoms with Gasteiger partial charge in [-0.2, -0.15) is 4.68 Å². The number of nitrogens with one attached hydrogen (secondary N) is 2. The monoisotopic (exact) mass is 402 g/mol. The quantitative estimate of drug-likeness (QED) is 0.672. The number of nitrogens with zero attached hydrogens (tertiary/aromatic N) is 4. The van der Waals surface area contributed by atoms with Crippen molar-refractivity contribution in [3.05, 3.63) is 58.5 Å². The SMILES string of the molecule is Cn1c(-c2ccccc2Cl)nn(C[NH+]2CCN(c3cccc[nH+]3)CC2)c1=S. The maximum Gasteiger partial charge on any atom is 0.274 e. The molecule has 1 fully saturated rings. The van der Waals surface area contributed by atoms with Gasteiger partial charge in [0.25, 0.3) is 5.82 Å². The molecule has 8 heteroatoms. The van der Waals surface area contributed by atoms with Gasteiger partial charge in [-0.25, -0.2) is 4.98 Å². The van der Waals surface area contributed by atoms with Crippen LogP contribution >= 0.6 is 23.8 Å². The molecule has 1 aromatic carbocycles. The van der Waals surface area contributed by atoms with E-state index < -0.39 is 0 Å². The van der Waals surface area contributed by atoms with Crippen molar-refractivity contribution in [1.29, 1.82) is 0 Å². The van der Waals surface area contributed by atoms with Gasteiger partial charge in [0.2, 0.25) is 4.77 Å². The minimum atomic E-state index is 0.688. The summed E-state index contributed by atoms with van der Waals surface area (Å²) in [4.78, 5) is 7.17. The fraction of sp³-hybridized carbons (Fsp3) is 0.316. The van der Waals surface area contributed by atoms with Gasteiger partial charge < -0.3 is 9.47 Å². The number of quaternary nitrogens is 1. The lowest BCUT2D eigenvalue weighted by Gasteiger charge is -2.27. The van der Waals surface area contributed by atoms with Crippen molar-refractivity contribution in [2.45, 2.75) is 6.67 Å². The average molecular weight is 403 g/mol. The summed E-state index contributed by atoms with van der Waals surface area (Å²) in [6, 6.07) is 13.9. The summed E-state index contributed by atoms with van der Waals surface area (Å²) in [5.74, 6) is 1.98. The number of anilines is 1. The van der Waals surface area contributed by atoms with Crippen LogP contribution in [-0.4, -0.2) is 40.5 Å². The van der Waals surface area contributed by atoms with Gasteiger partial charge in [0, 0.05) is 18.7 Å². The number of hydrogen-bond donors (Lipinski definition) is 1. The molecule has 0 radical (unpaired) electrons. The Bertz CT molecular complexity index is 975. The number of halogens is 1. The number of H-pyrrole nitrogens is 1. The molecule has 27 heavy (non-hydrogen) atoms. The van der Waals surface area contributed by atoms with E-state index in [0.717, 1.165) is 49.0 Å².